The summed E-state index contributed by atoms with van der Waals surface area (Å²) in [6.45, 7) is 1.59. The summed E-state index contributed by atoms with van der Waals surface area (Å²) in [5.74, 6) is -0.477. The Morgan fingerprint density at radius 3 is 2.89 bits per heavy atom. The average Bonchev–Trinajstić information content (AvgIpc) is 3.12. The summed E-state index contributed by atoms with van der Waals surface area (Å²) in [5, 5.41) is 2.69. The van der Waals surface area contributed by atoms with E-state index in [4.69, 9.17) is 5.73 Å². The Morgan fingerprint density at radius 1 is 1.50 bits per heavy atom. The third-order valence-corrected chi connectivity index (χ3v) is 2.93. The van der Waals surface area contributed by atoms with Crippen LogP contribution in [0.4, 0.5) is 10.1 Å². The van der Waals surface area contributed by atoms with Gasteiger partial charge < -0.3 is 11.1 Å². The van der Waals surface area contributed by atoms with Crippen LogP contribution >= 0.6 is 0 Å². The molecule has 0 heterocycles. The minimum atomic E-state index is -0.353. The maximum Gasteiger partial charge on any atom is 0.238 e. The van der Waals surface area contributed by atoms with Gasteiger partial charge in [-0.25, -0.2) is 4.39 Å². The highest BCUT2D eigenvalue weighted by molar-refractivity contribution is 5.92. The van der Waals surface area contributed by atoms with Gasteiger partial charge in [-0.3, -0.25) is 9.69 Å². The Kier molecular flexibility index (Phi) is 4.28. The van der Waals surface area contributed by atoms with Crippen LogP contribution in [-0.4, -0.2) is 36.5 Å². The van der Waals surface area contributed by atoms with Gasteiger partial charge in [0, 0.05) is 24.8 Å². The number of halogens is 1. The van der Waals surface area contributed by atoms with Crippen LogP contribution in [0.15, 0.2) is 24.3 Å². The van der Waals surface area contributed by atoms with Crippen LogP contribution in [0.2, 0.25) is 0 Å². The topological polar surface area (TPSA) is 58.4 Å². The molecule has 1 amide bonds. The number of nitrogens with one attached hydrogen (secondary N) is 1. The van der Waals surface area contributed by atoms with Crippen molar-refractivity contribution < 1.29 is 9.18 Å². The fourth-order valence-electron chi connectivity index (χ4n) is 1.95. The van der Waals surface area contributed by atoms with Crippen LogP contribution < -0.4 is 11.1 Å². The van der Waals surface area contributed by atoms with Gasteiger partial charge in [-0.05, 0) is 31.0 Å². The molecular formula is C13H18FN3O. The highest BCUT2D eigenvalue weighted by Crippen LogP contribution is 2.26. The first kappa shape index (κ1) is 13.0. The minimum Gasteiger partial charge on any atom is -0.329 e. The number of carbonyl (C=O) groups excluding carboxylic acids is 1. The first-order chi connectivity index (χ1) is 8.69. The van der Waals surface area contributed by atoms with E-state index >= 15 is 0 Å². The Balaban J connectivity index is 1.87. The van der Waals surface area contributed by atoms with Crippen LogP contribution in [-0.2, 0) is 4.79 Å². The van der Waals surface area contributed by atoms with Crippen LogP contribution in [0.5, 0.6) is 0 Å². The lowest BCUT2D eigenvalue weighted by molar-refractivity contribution is -0.117. The standard InChI is InChI=1S/C13H18FN3O/c14-10-2-1-3-11(8-10)16-13(18)9-17(7-6-15)12-4-5-12/h1-3,8,12H,4-7,9,15H2,(H,16,18). The van der Waals surface area contributed by atoms with Gasteiger partial charge in [-0.1, -0.05) is 6.07 Å². The summed E-state index contributed by atoms with van der Waals surface area (Å²) in [5.41, 5.74) is 6.01. The molecule has 3 N–H and O–H groups in total. The Morgan fingerprint density at radius 2 is 2.28 bits per heavy atom. The largest absolute Gasteiger partial charge is 0.329 e. The molecule has 0 radical (unpaired) electrons. The van der Waals surface area contributed by atoms with E-state index < -0.39 is 0 Å². The molecule has 1 fully saturated rings. The van der Waals surface area contributed by atoms with Crippen molar-refractivity contribution in [3.63, 3.8) is 0 Å². The molecule has 0 atom stereocenters. The highest BCUT2D eigenvalue weighted by Gasteiger charge is 2.29. The minimum absolute atomic E-state index is 0.124. The predicted molar refractivity (Wildman–Crippen MR) is 68.7 cm³/mol. The summed E-state index contributed by atoms with van der Waals surface area (Å²) >= 11 is 0. The first-order valence-corrected chi connectivity index (χ1v) is 6.18. The molecule has 1 aliphatic carbocycles. The second-order valence-corrected chi connectivity index (χ2v) is 4.55. The summed E-state index contributed by atoms with van der Waals surface area (Å²) in [7, 11) is 0. The average molecular weight is 251 g/mol. The van der Waals surface area contributed by atoms with E-state index in [1.165, 1.54) is 12.1 Å². The van der Waals surface area contributed by atoms with Gasteiger partial charge in [0.1, 0.15) is 5.82 Å². The van der Waals surface area contributed by atoms with Crippen molar-refractivity contribution in [3.8, 4) is 0 Å². The maximum absolute atomic E-state index is 13.0. The zero-order chi connectivity index (χ0) is 13.0. The second kappa shape index (κ2) is 5.93. The maximum atomic E-state index is 13.0. The van der Waals surface area contributed by atoms with Crippen molar-refractivity contribution in [1.82, 2.24) is 4.90 Å². The molecule has 18 heavy (non-hydrogen) atoms. The van der Waals surface area contributed by atoms with Gasteiger partial charge in [-0.2, -0.15) is 0 Å². The van der Waals surface area contributed by atoms with Gasteiger partial charge in [0.15, 0.2) is 0 Å². The number of nitrogens with zero attached hydrogens (tertiary/aromatic N) is 1. The van der Waals surface area contributed by atoms with E-state index in [-0.39, 0.29) is 11.7 Å². The quantitative estimate of drug-likeness (QED) is 0.798. The van der Waals surface area contributed by atoms with Gasteiger partial charge >= 0.3 is 0 Å². The molecule has 5 heteroatoms. The molecule has 1 aliphatic rings. The molecule has 0 saturated heterocycles. The van der Waals surface area contributed by atoms with E-state index in [0.717, 1.165) is 19.4 Å². The normalized spacial score (nSPS) is 14.8. The van der Waals surface area contributed by atoms with E-state index in [2.05, 4.69) is 10.2 Å². The Hall–Kier alpha value is -1.46. The molecule has 1 aromatic carbocycles. The summed E-state index contributed by atoms with van der Waals surface area (Å²) < 4.78 is 13.0. The number of amides is 1. The lowest BCUT2D eigenvalue weighted by atomic mass is 10.3. The number of benzene rings is 1. The molecule has 0 aliphatic heterocycles. The number of hydrogen-bond donors (Lipinski definition) is 2. The fraction of sp³-hybridized carbons (Fsp3) is 0.462. The number of anilines is 1. The van der Waals surface area contributed by atoms with Crippen molar-refractivity contribution in [2.45, 2.75) is 18.9 Å². The lowest BCUT2D eigenvalue weighted by Gasteiger charge is -2.20. The van der Waals surface area contributed by atoms with Crippen molar-refractivity contribution in [3.05, 3.63) is 30.1 Å². The van der Waals surface area contributed by atoms with E-state index in [1.807, 2.05) is 0 Å². The van der Waals surface area contributed by atoms with Crippen molar-refractivity contribution in [2.24, 2.45) is 5.73 Å². The Labute approximate surface area is 106 Å². The summed E-state index contributed by atoms with van der Waals surface area (Å²) in [6.07, 6.45) is 2.26. The lowest BCUT2D eigenvalue weighted by Crippen LogP contribution is -2.38. The molecule has 2 rings (SSSR count). The van der Waals surface area contributed by atoms with Crippen molar-refractivity contribution in [1.29, 1.82) is 0 Å². The van der Waals surface area contributed by atoms with Gasteiger partial charge in [0.2, 0.25) is 5.91 Å². The van der Waals surface area contributed by atoms with Gasteiger partial charge in [0.05, 0.1) is 6.54 Å². The van der Waals surface area contributed by atoms with Crippen LogP contribution in [0.3, 0.4) is 0 Å². The van der Waals surface area contributed by atoms with Gasteiger partial charge in [-0.15, -0.1) is 0 Å². The molecule has 0 aromatic heterocycles. The third-order valence-electron chi connectivity index (χ3n) is 2.93. The molecule has 1 saturated carbocycles. The number of hydrogen-bond acceptors (Lipinski definition) is 3. The fourth-order valence-corrected chi connectivity index (χ4v) is 1.95. The molecular weight excluding hydrogens is 233 g/mol. The monoisotopic (exact) mass is 251 g/mol. The highest BCUT2D eigenvalue weighted by atomic mass is 19.1. The number of carbonyl (C=O) groups is 1. The molecule has 0 unspecified atom stereocenters. The van der Waals surface area contributed by atoms with E-state index in [0.29, 0.717) is 24.8 Å². The van der Waals surface area contributed by atoms with Crippen LogP contribution in [0, 0.1) is 5.82 Å². The zero-order valence-electron chi connectivity index (χ0n) is 10.2. The summed E-state index contributed by atoms with van der Waals surface area (Å²) in [6, 6.07) is 6.39. The van der Waals surface area contributed by atoms with Crippen LogP contribution in [0.1, 0.15) is 12.8 Å². The molecule has 98 valence electrons. The molecule has 0 bridgehead atoms. The van der Waals surface area contributed by atoms with E-state index in [9.17, 15) is 9.18 Å². The Bertz CT molecular complexity index is 420. The first-order valence-electron chi connectivity index (χ1n) is 6.18. The molecule has 1 aromatic rings. The molecule has 4 nitrogen and oxygen atoms in total. The predicted octanol–water partition coefficient (Wildman–Crippen LogP) is 1.19. The summed E-state index contributed by atoms with van der Waals surface area (Å²) in [4.78, 5) is 13.9. The third kappa shape index (κ3) is 3.78. The van der Waals surface area contributed by atoms with Gasteiger partial charge in [0.25, 0.3) is 0 Å². The second-order valence-electron chi connectivity index (χ2n) is 4.55. The SMILES string of the molecule is NCCN(CC(=O)Nc1cccc(F)c1)C1CC1. The smallest absolute Gasteiger partial charge is 0.238 e. The zero-order valence-corrected chi connectivity index (χ0v) is 10.2. The number of rotatable bonds is 6. The van der Waals surface area contributed by atoms with E-state index in [1.54, 1.807) is 12.1 Å². The van der Waals surface area contributed by atoms with Crippen LogP contribution in [0.25, 0.3) is 0 Å². The van der Waals surface area contributed by atoms with Crippen molar-refractivity contribution in [2.75, 3.05) is 25.0 Å². The molecule has 0 spiro atoms. The van der Waals surface area contributed by atoms with Crippen molar-refractivity contribution >= 4 is 11.6 Å². The number of nitrogens with two attached hydrogens (primary N) is 1.